The number of carbonyl (C=O) groups excluding carboxylic acids is 2. The summed E-state index contributed by atoms with van der Waals surface area (Å²) in [7, 11) is -4.09. The summed E-state index contributed by atoms with van der Waals surface area (Å²) in [5.74, 6) is 4.90. The number of methoxy groups -OCH3 is 1. The van der Waals surface area contributed by atoms with Crippen molar-refractivity contribution in [1.82, 2.24) is 0 Å². The average Bonchev–Trinajstić information content (AvgIpc) is 2.88. The zero-order chi connectivity index (χ0) is 30.4. The highest BCUT2D eigenvalue weighted by molar-refractivity contribution is 7.92. The van der Waals surface area contributed by atoms with Crippen molar-refractivity contribution < 1.29 is 40.7 Å². The molecule has 0 unspecified atom stereocenters. The van der Waals surface area contributed by atoms with E-state index in [2.05, 4.69) is 11.8 Å². The van der Waals surface area contributed by atoms with Gasteiger partial charge in [-0.3, -0.25) is 9.59 Å². The summed E-state index contributed by atoms with van der Waals surface area (Å²) in [6.07, 6.45) is 0.266. The molecule has 0 saturated carbocycles. The number of anilines is 1. The number of halogens is 3. The highest BCUT2D eigenvalue weighted by Gasteiger charge is 2.46. The Labute approximate surface area is 233 Å². The van der Waals surface area contributed by atoms with Gasteiger partial charge in [0.25, 0.3) is 9.84 Å². The zero-order valence-electron chi connectivity index (χ0n) is 23.4. The van der Waals surface area contributed by atoms with Gasteiger partial charge >= 0.3 is 17.4 Å². The molecule has 0 heterocycles. The lowest BCUT2D eigenvalue weighted by Crippen LogP contribution is -2.38. The molecule has 0 N–H and O–H groups in total. The number of benzene rings is 2. The van der Waals surface area contributed by atoms with Gasteiger partial charge < -0.3 is 14.4 Å². The minimum absolute atomic E-state index is 0.149. The van der Waals surface area contributed by atoms with Gasteiger partial charge in [0.05, 0.1) is 29.4 Å². The van der Waals surface area contributed by atoms with E-state index in [9.17, 15) is 31.2 Å². The van der Waals surface area contributed by atoms with Crippen molar-refractivity contribution in [3.63, 3.8) is 0 Å². The molecule has 0 aliphatic heterocycles. The van der Waals surface area contributed by atoms with Crippen molar-refractivity contribution >= 4 is 27.5 Å². The number of rotatable bonds is 10. The first-order valence-electron chi connectivity index (χ1n) is 12.5. The molecule has 2 aromatic rings. The molecule has 0 radical (unpaired) electrons. The molecule has 2 aromatic carbocycles. The molecular formula is C29H34F3NO6S. The third-order valence-electron chi connectivity index (χ3n) is 6.20. The Hall–Kier alpha value is -3.52. The molecule has 40 heavy (non-hydrogen) atoms. The first-order chi connectivity index (χ1) is 18.4. The molecule has 0 fully saturated rings. The molecule has 0 bridgehead atoms. The minimum atomic E-state index is -5.40. The van der Waals surface area contributed by atoms with E-state index in [0.717, 1.165) is 17.8 Å². The van der Waals surface area contributed by atoms with E-state index >= 15 is 0 Å². The monoisotopic (exact) mass is 581 g/mol. The van der Waals surface area contributed by atoms with E-state index in [0.29, 0.717) is 24.2 Å². The van der Waals surface area contributed by atoms with Crippen LogP contribution in [-0.2, 0) is 28.9 Å². The van der Waals surface area contributed by atoms with Crippen molar-refractivity contribution in [1.29, 1.82) is 0 Å². The van der Waals surface area contributed by atoms with Crippen molar-refractivity contribution in [2.45, 2.75) is 51.4 Å². The van der Waals surface area contributed by atoms with Crippen LogP contribution in [0.5, 0.6) is 0 Å². The third kappa shape index (κ3) is 8.24. The van der Waals surface area contributed by atoms with Gasteiger partial charge in [0.2, 0.25) is 0 Å². The number of esters is 2. The molecule has 11 heteroatoms. The van der Waals surface area contributed by atoms with Crippen molar-refractivity contribution in [2.24, 2.45) is 10.8 Å². The molecule has 0 saturated heterocycles. The lowest BCUT2D eigenvalue weighted by atomic mass is 9.75. The van der Waals surface area contributed by atoms with Crippen LogP contribution in [0.1, 0.15) is 52.2 Å². The molecule has 7 nitrogen and oxygen atoms in total. The Morgan fingerprint density at radius 3 is 1.77 bits per heavy atom. The number of sulfone groups is 1. The first kappa shape index (κ1) is 32.7. The summed E-state index contributed by atoms with van der Waals surface area (Å²) in [5, 5.41) is 0. The summed E-state index contributed by atoms with van der Waals surface area (Å²) in [4.78, 5) is 25.9. The predicted molar refractivity (Wildman–Crippen MR) is 145 cm³/mol. The predicted octanol–water partition coefficient (Wildman–Crippen LogP) is 5.36. The number of ether oxygens (including phenoxy) is 2. The van der Waals surface area contributed by atoms with Crippen LogP contribution >= 0.6 is 0 Å². The highest BCUT2D eigenvalue weighted by atomic mass is 32.2. The van der Waals surface area contributed by atoms with Gasteiger partial charge in [-0.05, 0) is 89.6 Å². The molecule has 0 atom stereocenters. The van der Waals surface area contributed by atoms with Crippen LogP contribution in [0.2, 0.25) is 0 Å². The van der Waals surface area contributed by atoms with E-state index in [4.69, 9.17) is 9.47 Å². The zero-order valence-corrected chi connectivity index (χ0v) is 24.2. The minimum Gasteiger partial charge on any atom is -0.469 e. The van der Waals surface area contributed by atoms with E-state index in [-0.39, 0.29) is 13.0 Å². The third-order valence-corrected chi connectivity index (χ3v) is 7.71. The second-order valence-electron chi connectivity index (χ2n) is 10.4. The van der Waals surface area contributed by atoms with Crippen molar-refractivity contribution in [2.75, 3.05) is 31.7 Å². The number of likely N-dealkylation sites (N-methyl/N-ethyl adjacent to an activating group) is 1. The molecule has 2 rings (SSSR count). The number of carbonyl (C=O) groups is 2. The highest BCUT2D eigenvalue weighted by Crippen LogP contribution is 2.35. The van der Waals surface area contributed by atoms with Crippen LogP contribution < -0.4 is 4.90 Å². The number of hydrogen-bond donors (Lipinski definition) is 0. The van der Waals surface area contributed by atoms with E-state index in [1.165, 1.54) is 19.2 Å². The van der Waals surface area contributed by atoms with E-state index in [1.54, 1.807) is 39.8 Å². The Morgan fingerprint density at radius 2 is 1.32 bits per heavy atom. The van der Waals surface area contributed by atoms with Gasteiger partial charge in [0.1, 0.15) is 6.61 Å². The summed E-state index contributed by atoms with van der Waals surface area (Å²) in [6.45, 7) is 10.1. The maximum Gasteiger partial charge on any atom is 0.501 e. The molecular weight excluding hydrogens is 547 g/mol. The van der Waals surface area contributed by atoms with Crippen LogP contribution in [0.4, 0.5) is 18.9 Å². The van der Waals surface area contributed by atoms with Gasteiger partial charge in [-0.1, -0.05) is 11.8 Å². The van der Waals surface area contributed by atoms with Gasteiger partial charge in [0, 0.05) is 23.4 Å². The van der Waals surface area contributed by atoms with Crippen LogP contribution in [0, 0.1) is 22.7 Å². The van der Waals surface area contributed by atoms with Crippen molar-refractivity contribution in [3.8, 4) is 11.8 Å². The second kappa shape index (κ2) is 12.8. The number of hydrogen-bond acceptors (Lipinski definition) is 7. The molecule has 218 valence electrons. The van der Waals surface area contributed by atoms with Gasteiger partial charge in [-0.25, -0.2) is 8.42 Å². The van der Waals surface area contributed by atoms with Crippen LogP contribution in [0.25, 0.3) is 0 Å². The maximum absolute atomic E-state index is 12.7. The van der Waals surface area contributed by atoms with Gasteiger partial charge in [-0.2, -0.15) is 13.2 Å². The Bertz CT molecular complexity index is 1350. The quantitative estimate of drug-likeness (QED) is 0.276. The van der Waals surface area contributed by atoms with Crippen LogP contribution in [0.15, 0.2) is 53.4 Å². The maximum atomic E-state index is 12.7. The normalized spacial score (nSPS) is 12.2. The molecule has 0 aliphatic carbocycles. The van der Waals surface area contributed by atoms with Crippen molar-refractivity contribution in [3.05, 3.63) is 59.7 Å². The van der Waals surface area contributed by atoms with E-state index in [1.807, 2.05) is 24.0 Å². The Balaban J connectivity index is 1.99. The van der Waals surface area contributed by atoms with Gasteiger partial charge in [-0.15, -0.1) is 0 Å². The lowest BCUT2D eigenvalue weighted by molar-refractivity contribution is -0.160. The van der Waals surface area contributed by atoms with E-state index < -0.39 is 43.0 Å². The summed E-state index contributed by atoms with van der Waals surface area (Å²) >= 11 is 0. The Morgan fingerprint density at radius 1 is 0.850 bits per heavy atom. The fourth-order valence-corrected chi connectivity index (χ4v) is 4.95. The first-order valence-corrected chi connectivity index (χ1v) is 14.0. The average molecular weight is 582 g/mol. The number of nitrogens with zero attached hydrogens (tertiary/aromatic N) is 1. The molecule has 0 aliphatic rings. The number of alkyl halides is 3. The standard InChI is InChI=1S/C29H34F3NO6S/c1-7-33(18-19-39-26(35)28(4,5)20-27(2,3)25(34)38-6)23-14-10-21(11-15-23)8-9-22-12-16-24(17-13-22)40(36,37)29(30,31)32/h10-17H,7,18-20H2,1-6H3. The van der Waals surface area contributed by atoms with Crippen LogP contribution in [0.3, 0.4) is 0 Å². The molecule has 0 spiro atoms. The van der Waals surface area contributed by atoms with Gasteiger partial charge in [0.15, 0.2) is 0 Å². The fourth-order valence-electron chi connectivity index (χ4n) is 4.19. The lowest BCUT2D eigenvalue weighted by Gasteiger charge is -2.31. The smallest absolute Gasteiger partial charge is 0.469 e. The summed E-state index contributed by atoms with van der Waals surface area (Å²) in [6, 6.07) is 11.4. The molecule has 0 amide bonds. The SMILES string of the molecule is CCN(CCOC(=O)C(C)(C)CC(C)(C)C(=O)OC)c1ccc(C#Cc2ccc(S(=O)(=O)C(F)(F)F)cc2)cc1. The second-order valence-corrected chi connectivity index (χ2v) is 12.4. The summed E-state index contributed by atoms with van der Waals surface area (Å²) in [5.41, 5.74) is -5.21. The topological polar surface area (TPSA) is 90.0 Å². The van der Waals surface area contributed by atoms with Crippen LogP contribution in [-0.4, -0.2) is 52.7 Å². The largest absolute Gasteiger partial charge is 0.501 e. The Kier molecular flexibility index (Phi) is 10.4. The fraction of sp³-hybridized carbons (Fsp3) is 0.448. The molecule has 0 aromatic heterocycles. The summed E-state index contributed by atoms with van der Waals surface area (Å²) < 4.78 is 71.4.